The Morgan fingerprint density at radius 1 is 1.53 bits per heavy atom. The standard InChI is InChI=1S/C12H19BrN2OS/c1-8(2)15-3-4-16-11(5-15)12(14)9-6-17-7-10(9)13/h6-8,11-12H,3-5,14H2,1-2H3. The number of nitrogens with two attached hydrogens (primary N) is 1. The van der Waals surface area contributed by atoms with Crippen molar-refractivity contribution in [3.05, 3.63) is 20.8 Å². The highest BCUT2D eigenvalue weighted by molar-refractivity contribution is 9.10. The monoisotopic (exact) mass is 318 g/mol. The van der Waals surface area contributed by atoms with Crippen molar-refractivity contribution in [2.24, 2.45) is 5.73 Å². The van der Waals surface area contributed by atoms with Crippen LogP contribution < -0.4 is 5.73 Å². The molecule has 2 heterocycles. The molecule has 1 saturated heterocycles. The Labute approximate surface area is 115 Å². The maximum atomic E-state index is 6.30. The average molecular weight is 319 g/mol. The first-order valence-electron chi connectivity index (χ1n) is 5.92. The summed E-state index contributed by atoms with van der Waals surface area (Å²) in [6.45, 7) is 7.13. The van der Waals surface area contributed by atoms with E-state index in [0.29, 0.717) is 6.04 Å². The van der Waals surface area contributed by atoms with E-state index >= 15 is 0 Å². The molecule has 1 aliphatic rings. The molecule has 0 aliphatic carbocycles. The normalized spacial score (nSPS) is 24.2. The minimum Gasteiger partial charge on any atom is -0.374 e. The van der Waals surface area contributed by atoms with E-state index in [4.69, 9.17) is 10.5 Å². The molecule has 2 rings (SSSR count). The topological polar surface area (TPSA) is 38.5 Å². The van der Waals surface area contributed by atoms with Gasteiger partial charge in [-0.1, -0.05) is 0 Å². The highest BCUT2D eigenvalue weighted by atomic mass is 79.9. The maximum absolute atomic E-state index is 6.30. The molecule has 1 aromatic heterocycles. The van der Waals surface area contributed by atoms with Gasteiger partial charge in [-0.05, 0) is 40.7 Å². The maximum Gasteiger partial charge on any atom is 0.0895 e. The predicted octanol–water partition coefficient (Wildman–Crippen LogP) is 2.62. The molecule has 0 spiro atoms. The quantitative estimate of drug-likeness (QED) is 0.931. The van der Waals surface area contributed by atoms with Gasteiger partial charge < -0.3 is 10.5 Å². The van der Waals surface area contributed by atoms with Crippen LogP contribution in [0.5, 0.6) is 0 Å². The molecular weight excluding hydrogens is 300 g/mol. The summed E-state index contributed by atoms with van der Waals surface area (Å²) in [6, 6.07) is 0.511. The minimum atomic E-state index is -0.0443. The first-order valence-corrected chi connectivity index (χ1v) is 7.66. The first-order chi connectivity index (χ1) is 8.09. The SMILES string of the molecule is CC(C)N1CCOC(C(N)c2cscc2Br)C1. The molecule has 17 heavy (non-hydrogen) atoms. The zero-order valence-corrected chi connectivity index (χ0v) is 12.6. The molecule has 2 unspecified atom stereocenters. The molecule has 1 aliphatic heterocycles. The van der Waals surface area contributed by atoms with Gasteiger partial charge in [0.25, 0.3) is 0 Å². The molecule has 1 aromatic rings. The third-order valence-electron chi connectivity index (χ3n) is 3.26. The summed E-state index contributed by atoms with van der Waals surface area (Å²) >= 11 is 5.21. The minimum absolute atomic E-state index is 0.0443. The van der Waals surface area contributed by atoms with E-state index < -0.39 is 0 Å². The highest BCUT2D eigenvalue weighted by Crippen LogP contribution is 2.30. The van der Waals surface area contributed by atoms with Crippen LogP contribution >= 0.6 is 27.3 Å². The van der Waals surface area contributed by atoms with E-state index in [1.807, 2.05) is 0 Å². The van der Waals surface area contributed by atoms with Crippen molar-refractivity contribution in [3.8, 4) is 0 Å². The molecule has 3 nitrogen and oxygen atoms in total. The summed E-state index contributed by atoms with van der Waals surface area (Å²) in [5, 5.41) is 4.17. The second kappa shape index (κ2) is 5.80. The van der Waals surface area contributed by atoms with E-state index in [1.54, 1.807) is 11.3 Å². The van der Waals surface area contributed by atoms with Gasteiger partial charge in [0, 0.05) is 29.0 Å². The largest absolute Gasteiger partial charge is 0.374 e. The number of halogens is 1. The summed E-state index contributed by atoms with van der Waals surface area (Å²) < 4.78 is 6.91. The van der Waals surface area contributed by atoms with Crippen LogP contribution in [0.25, 0.3) is 0 Å². The number of morpholine rings is 1. The molecule has 0 saturated carbocycles. The molecule has 0 bridgehead atoms. The average Bonchev–Trinajstić information content (AvgIpc) is 2.74. The summed E-state index contributed by atoms with van der Waals surface area (Å²) in [5.41, 5.74) is 7.46. The smallest absolute Gasteiger partial charge is 0.0895 e. The van der Waals surface area contributed by atoms with E-state index in [-0.39, 0.29) is 12.1 Å². The zero-order valence-electron chi connectivity index (χ0n) is 10.2. The molecule has 5 heteroatoms. The van der Waals surface area contributed by atoms with Gasteiger partial charge in [0.05, 0.1) is 18.8 Å². The Morgan fingerprint density at radius 2 is 2.29 bits per heavy atom. The van der Waals surface area contributed by atoms with Crippen LogP contribution in [-0.4, -0.2) is 36.7 Å². The highest BCUT2D eigenvalue weighted by Gasteiger charge is 2.29. The molecular formula is C12H19BrN2OS. The summed E-state index contributed by atoms with van der Waals surface area (Å²) in [5.74, 6) is 0. The summed E-state index contributed by atoms with van der Waals surface area (Å²) in [7, 11) is 0. The van der Waals surface area contributed by atoms with E-state index in [9.17, 15) is 0 Å². The lowest BCUT2D eigenvalue weighted by atomic mass is 10.0. The van der Waals surface area contributed by atoms with Gasteiger partial charge in [-0.15, -0.1) is 0 Å². The molecule has 96 valence electrons. The van der Waals surface area contributed by atoms with Crippen LogP contribution in [0.4, 0.5) is 0 Å². The van der Waals surface area contributed by atoms with E-state index in [1.165, 1.54) is 0 Å². The fourth-order valence-electron chi connectivity index (χ4n) is 2.11. The second-order valence-corrected chi connectivity index (χ2v) is 6.30. The van der Waals surface area contributed by atoms with Crippen LogP contribution in [0.1, 0.15) is 25.5 Å². The number of ether oxygens (including phenoxy) is 1. The number of rotatable bonds is 3. The van der Waals surface area contributed by atoms with Crippen molar-refractivity contribution in [3.63, 3.8) is 0 Å². The van der Waals surface area contributed by atoms with Gasteiger partial charge in [-0.25, -0.2) is 0 Å². The Bertz CT molecular complexity index is 369. The van der Waals surface area contributed by atoms with Gasteiger partial charge in [-0.3, -0.25) is 4.90 Å². The number of hydrogen-bond acceptors (Lipinski definition) is 4. The van der Waals surface area contributed by atoms with Gasteiger partial charge in [0.2, 0.25) is 0 Å². The Kier molecular flexibility index (Phi) is 4.60. The second-order valence-electron chi connectivity index (χ2n) is 4.70. The zero-order chi connectivity index (χ0) is 12.4. The van der Waals surface area contributed by atoms with Gasteiger partial charge >= 0.3 is 0 Å². The van der Waals surface area contributed by atoms with Crippen molar-refractivity contribution >= 4 is 27.3 Å². The number of thiophene rings is 1. The molecule has 2 atom stereocenters. The van der Waals surface area contributed by atoms with E-state index in [2.05, 4.69) is 45.4 Å². The summed E-state index contributed by atoms with van der Waals surface area (Å²) in [4.78, 5) is 2.42. The Hall–Kier alpha value is 0.0600. The third kappa shape index (κ3) is 3.09. The van der Waals surface area contributed by atoms with Gasteiger partial charge in [0.1, 0.15) is 0 Å². The van der Waals surface area contributed by atoms with E-state index in [0.717, 1.165) is 29.7 Å². The molecule has 1 fully saturated rings. The van der Waals surface area contributed by atoms with Crippen LogP contribution in [0.3, 0.4) is 0 Å². The number of nitrogens with zero attached hydrogens (tertiary/aromatic N) is 1. The third-order valence-corrected chi connectivity index (χ3v) is 5.01. The van der Waals surface area contributed by atoms with Crippen molar-refractivity contribution in [1.82, 2.24) is 4.90 Å². The van der Waals surface area contributed by atoms with Crippen molar-refractivity contribution in [2.45, 2.75) is 32.0 Å². The molecule has 0 amide bonds. The first kappa shape index (κ1) is 13.5. The molecule has 2 N–H and O–H groups in total. The van der Waals surface area contributed by atoms with Crippen LogP contribution in [0.15, 0.2) is 15.2 Å². The number of hydrogen-bond donors (Lipinski definition) is 1. The Balaban J connectivity index is 2.05. The van der Waals surface area contributed by atoms with Crippen molar-refractivity contribution < 1.29 is 4.74 Å². The van der Waals surface area contributed by atoms with Gasteiger partial charge in [0.15, 0.2) is 0 Å². The van der Waals surface area contributed by atoms with Crippen molar-refractivity contribution in [1.29, 1.82) is 0 Å². The predicted molar refractivity (Wildman–Crippen MR) is 75.4 cm³/mol. The fraction of sp³-hybridized carbons (Fsp3) is 0.667. The molecule has 0 aromatic carbocycles. The lowest BCUT2D eigenvalue weighted by Crippen LogP contribution is -2.49. The van der Waals surface area contributed by atoms with Crippen LogP contribution in [0, 0.1) is 0 Å². The van der Waals surface area contributed by atoms with Gasteiger partial charge in [-0.2, -0.15) is 11.3 Å². The lowest BCUT2D eigenvalue weighted by Gasteiger charge is -2.37. The molecule has 0 radical (unpaired) electrons. The summed E-state index contributed by atoms with van der Waals surface area (Å²) in [6.07, 6.45) is 0.0945. The fourth-order valence-corrected chi connectivity index (χ4v) is 3.72. The van der Waals surface area contributed by atoms with Crippen molar-refractivity contribution in [2.75, 3.05) is 19.7 Å². The van der Waals surface area contributed by atoms with Crippen LogP contribution in [0.2, 0.25) is 0 Å². The Morgan fingerprint density at radius 3 is 2.88 bits per heavy atom. The lowest BCUT2D eigenvalue weighted by molar-refractivity contribution is -0.0502. The van der Waals surface area contributed by atoms with Crippen LogP contribution in [-0.2, 0) is 4.74 Å².